The summed E-state index contributed by atoms with van der Waals surface area (Å²) in [6.07, 6.45) is 76.2. The number of hydrogen-bond acceptors (Lipinski definition) is 4. The summed E-state index contributed by atoms with van der Waals surface area (Å²) in [5.41, 5.74) is 0. The molecule has 0 aromatic heterocycles. The van der Waals surface area contributed by atoms with Crippen LogP contribution in [-0.2, 0) is 14.3 Å². The van der Waals surface area contributed by atoms with Gasteiger partial charge in [-0.1, -0.05) is 261 Å². The van der Waals surface area contributed by atoms with Gasteiger partial charge >= 0.3 is 5.97 Å². The fourth-order valence-corrected chi connectivity index (χ4v) is 8.20. The van der Waals surface area contributed by atoms with Crippen LogP contribution < -0.4 is 0 Å². The number of ether oxygens (including phenoxy) is 2. The fourth-order valence-electron chi connectivity index (χ4n) is 8.20. The lowest BCUT2D eigenvalue weighted by Gasteiger charge is -2.16. The van der Waals surface area contributed by atoms with Crippen LogP contribution in [0.5, 0.6) is 0 Å². The molecule has 0 bridgehead atoms. The molecule has 0 rings (SSSR count). The molecule has 0 aliphatic heterocycles. The second-order valence-electron chi connectivity index (χ2n) is 18.6. The minimum absolute atomic E-state index is 0.171. The standard InChI is InChI=1S/C59H108O4/c1-3-5-7-9-11-13-15-17-19-21-23-25-27-29-31-33-35-37-39-41-43-45-47-49-51-53-55-62-57-58(56-60)63-59(61)54-52-50-48-46-44-42-40-38-36-34-32-30-28-26-24-22-20-18-16-14-12-10-8-6-4-2/h5,7,11,13,17,19,22-25,58,60H,3-4,6,8-10,12,14-16,18,20-21,26-57H2,1-2H3/b7-5-,13-11-,19-17-,24-22-,25-23-. The molecule has 0 spiro atoms. The molecule has 4 nitrogen and oxygen atoms in total. The zero-order valence-corrected chi connectivity index (χ0v) is 42.3. The zero-order chi connectivity index (χ0) is 45.5. The zero-order valence-electron chi connectivity index (χ0n) is 42.3. The van der Waals surface area contributed by atoms with Gasteiger partial charge < -0.3 is 14.6 Å². The maximum Gasteiger partial charge on any atom is 0.306 e. The molecule has 1 unspecified atom stereocenters. The molecule has 63 heavy (non-hydrogen) atoms. The van der Waals surface area contributed by atoms with Gasteiger partial charge in [0.25, 0.3) is 0 Å². The minimum Gasteiger partial charge on any atom is -0.457 e. The summed E-state index contributed by atoms with van der Waals surface area (Å²) < 4.78 is 11.2. The second kappa shape index (κ2) is 56.2. The Labute approximate surface area is 394 Å². The van der Waals surface area contributed by atoms with Crippen molar-refractivity contribution in [2.75, 3.05) is 19.8 Å². The molecule has 0 fully saturated rings. The van der Waals surface area contributed by atoms with Crippen LogP contribution in [-0.4, -0.2) is 37.0 Å². The number of esters is 1. The van der Waals surface area contributed by atoms with Crippen molar-refractivity contribution in [1.82, 2.24) is 0 Å². The molecule has 1 N–H and O–H groups in total. The summed E-state index contributed by atoms with van der Waals surface area (Å²) in [6.45, 7) is 5.27. The lowest BCUT2D eigenvalue weighted by Crippen LogP contribution is -2.27. The van der Waals surface area contributed by atoms with Crippen molar-refractivity contribution in [2.24, 2.45) is 0 Å². The molecule has 0 aromatic rings. The van der Waals surface area contributed by atoms with Gasteiger partial charge in [-0.2, -0.15) is 0 Å². The molecule has 0 radical (unpaired) electrons. The van der Waals surface area contributed by atoms with Crippen molar-refractivity contribution >= 4 is 5.97 Å². The Balaban J connectivity index is 3.38. The van der Waals surface area contributed by atoms with E-state index in [1.165, 1.54) is 218 Å². The quantitative estimate of drug-likeness (QED) is 0.0376. The van der Waals surface area contributed by atoms with Gasteiger partial charge in [-0.05, 0) is 77.0 Å². The maximum atomic E-state index is 12.3. The first-order chi connectivity index (χ1) is 31.2. The summed E-state index contributed by atoms with van der Waals surface area (Å²) in [6, 6.07) is 0. The summed E-state index contributed by atoms with van der Waals surface area (Å²) in [7, 11) is 0. The second-order valence-corrected chi connectivity index (χ2v) is 18.6. The Morgan fingerprint density at radius 1 is 0.397 bits per heavy atom. The Morgan fingerprint density at radius 3 is 1.10 bits per heavy atom. The fraction of sp³-hybridized carbons (Fsp3) is 0.814. The van der Waals surface area contributed by atoms with Gasteiger partial charge in [-0.15, -0.1) is 0 Å². The van der Waals surface area contributed by atoms with Crippen molar-refractivity contribution in [3.63, 3.8) is 0 Å². The van der Waals surface area contributed by atoms with E-state index in [0.717, 1.165) is 44.9 Å². The number of unbranched alkanes of at least 4 members (excludes halogenated alkanes) is 34. The monoisotopic (exact) mass is 881 g/mol. The minimum atomic E-state index is -0.537. The summed E-state index contributed by atoms with van der Waals surface area (Å²) in [4.78, 5) is 12.3. The van der Waals surface area contributed by atoms with Gasteiger partial charge in [0.1, 0.15) is 6.10 Å². The normalized spacial score (nSPS) is 12.7. The third-order valence-electron chi connectivity index (χ3n) is 12.3. The molecule has 0 saturated carbocycles. The SMILES string of the molecule is CC/C=C\C/C=C\C/C=C\C/C=C\CCCCCCCCCCCCCCCOCC(CO)OC(=O)CCCCCCCCCCCCCCC/C=C\CCCCCCCCCC. The lowest BCUT2D eigenvalue weighted by atomic mass is 10.0. The molecule has 0 aromatic carbocycles. The number of aliphatic hydroxyl groups excluding tert-OH is 1. The van der Waals surface area contributed by atoms with Crippen LogP contribution in [0.2, 0.25) is 0 Å². The molecule has 0 amide bonds. The van der Waals surface area contributed by atoms with Gasteiger partial charge in [0.2, 0.25) is 0 Å². The van der Waals surface area contributed by atoms with Gasteiger partial charge in [0.05, 0.1) is 13.2 Å². The molecule has 0 heterocycles. The molecule has 368 valence electrons. The Hall–Kier alpha value is -1.91. The number of hydrogen-bond donors (Lipinski definition) is 1. The third kappa shape index (κ3) is 54.3. The van der Waals surface area contributed by atoms with Crippen LogP contribution in [0.3, 0.4) is 0 Å². The van der Waals surface area contributed by atoms with E-state index in [-0.39, 0.29) is 12.6 Å². The molecule has 0 aliphatic rings. The van der Waals surface area contributed by atoms with Crippen LogP contribution in [0.15, 0.2) is 60.8 Å². The Kier molecular flexibility index (Phi) is 54.5. The van der Waals surface area contributed by atoms with Crippen LogP contribution in [0, 0.1) is 0 Å². The van der Waals surface area contributed by atoms with Crippen LogP contribution in [0.4, 0.5) is 0 Å². The number of aliphatic hydroxyl groups is 1. The Bertz CT molecular complexity index is 1020. The van der Waals surface area contributed by atoms with Crippen molar-refractivity contribution < 1.29 is 19.4 Å². The molecule has 0 aliphatic carbocycles. The number of carbonyl (C=O) groups is 1. The van der Waals surface area contributed by atoms with E-state index in [0.29, 0.717) is 19.6 Å². The number of rotatable bonds is 52. The molecule has 0 saturated heterocycles. The van der Waals surface area contributed by atoms with E-state index in [2.05, 4.69) is 74.6 Å². The molecular formula is C59H108O4. The highest BCUT2D eigenvalue weighted by Gasteiger charge is 2.13. The van der Waals surface area contributed by atoms with Crippen molar-refractivity contribution in [1.29, 1.82) is 0 Å². The van der Waals surface area contributed by atoms with E-state index in [4.69, 9.17) is 9.47 Å². The summed E-state index contributed by atoms with van der Waals surface area (Å²) >= 11 is 0. The Morgan fingerprint density at radius 2 is 0.714 bits per heavy atom. The highest BCUT2D eigenvalue weighted by molar-refractivity contribution is 5.69. The average Bonchev–Trinajstić information content (AvgIpc) is 3.29. The third-order valence-corrected chi connectivity index (χ3v) is 12.3. The van der Waals surface area contributed by atoms with Crippen molar-refractivity contribution in [3.8, 4) is 0 Å². The van der Waals surface area contributed by atoms with Gasteiger partial charge in [0.15, 0.2) is 0 Å². The first-order valence-electron chi connectivity index (χ1n) is 27.9. The van der Waals surface area contributed by atoms with E-state index < -0.39 is 6.10 Å². The smallest absolute Gasteiger partial charge is 0.306 e. The summed E-state index contributed by atoms with van der Waals surface area (Å²) in [5, 5.41) is 9.68. The highest BCUT2D eigenvalue weighted by atomic mass is 16.6. The van der Waals surface area contributed by atoms with E-state index in [1.54, 1.807) is 0 Å². The number of allylic oxidation sites excluding steroid dienone is 10. The average molecular weight is 882 g/mol. The first-order valence-corrected chi connectivity index (χ1v) is 27.9. The maximum absolute atomic E-state index is 12.3. The van der Waals surface area contributed by atoms with Gasteiger partial charge in [-0.25, -0.2) is 0 Å². The summed E-state index contributed by atoms with van der Waals surface area (Å²) in [5.74, 6) is -0.198. The van der Waals surface area contributed by atoms with Crippen molar-refractivity contribution in [2.45, 2.75) is 290 Å². The number of carbonyl (C=O) groups excluding carboxylic acids is 1. The van der Waals surface area contributed by atoms with Crippen molar-refractivity contribution in [3.05, 3.63) is 60.8 Å². The van der Waals surface area contributed by atoms with E-state index in [1.807, 2.05) is 0 Å². The van der Waals surface area contributed by atoms with Gasteiger partial charge in [-0.3, -0.25) is 4.79 Å². The lowest BCUT2D eigenvalue weighted by molar-refractivity contribution is -0.154. The predicted molar refractivity (Wildman–Crippen MR) is 279 cm³/mol. The van der Waals surface area contributed by atoms with Crippen LogP contribution >= 0.6 is 0 Å². The predicted octanol–water partition coefficient (Wildman–Crippen LogP) is 19.1. The molecular weight excluding hydrogens is 773 g/mol. The molecule has 4 heteroatoms. The van der Waals surface area contributed by atoms with E-state index in [9.17, 15) is 9.90 Å². The van der Waals surface area contributed by atoms with Crippen LogP contribution in [0.1, 0.15) is 284 Å². The largest absolute Gasteiger partial charge is 0.457 e. The van der Waals surface area contributed by atoms with E-state index >= 15 is 0 Å². The highest BCUT2D eigenvalue weighted by Crippen LogP contribution is 2.16. The topological polar surface area (TPSA) is 55.8 Å². The molecule has 1 atom stereocenters. The van der Waals surface area contributed by atoms with Gasteiger partial charge in [0, 0.05) is 13.0 Å². The van der Waals surface area contributed by atoms with Crippen LogP contribution in [0.25, 0.3) is 0 Å². The first kappa shape index (κ1) is 61.1.